The lowest BCUT2D eigenvalue weighted by Gasteiger charge is -2.37. The predicted octanol–water partition coefficient (Wildman–Crippen LogP) is 4.19. The predicted molar refractivity (Wildman–Crippen MR) is 137 cm³/mol. The number of aryl methyl sites for hydroxylation is 1. The molecule has 2 aromatic heterocycles. The van der Waals surface area contributed by atoms with Crippen LogP contribution >= 0.6 is 0 Å². The molecule has 1 saturated carbocycles. The lowest BCUT2D eigenvalue weighted by molar-refractivity contribution is 0.356. The van der Waals surface area contributed by atoms with Gasteiger partial charge in [0.15, 0.2) is 17.3 Å². The summed E-state index contributed by atoms with van der Waals surface area (Å²) in [6.45, 7) is 0.808. The Morgan fingerprint density at radius 1 is 1.03 bits per heavy atom. The summed E-state index contributed by atoms with van der Waals surface area (Å²) in [5.41, 5.74) is 3.54. The summed E-state index contributed by atoms with van der Waals surface area (Å²) in [6, 6.07) is 13.9. The molecule has 0 radical (unpaired) electrons. The van der Waals surface area contributed by atoms with E-state index in [1.54, 1.807) is 20.3 Å². The highest BCUT2D eigenvalue weighted by Gasteiger charge is 2.35. The van der Waals surface area contributed by atoms with E-state index in [1.807, 2.05) is 16.8 Å². The number of ether oxygens (including phenoxy) is 2. The number of tetrazole rings is 1. The Bertz CT molecular complexity index is 1460. The van der Waals surface area contributed by atoms with Crippen LogP contribution < -0.4 is 19.9 Å². The van der Waals surface area contributed by atoms with E-state index in [0.717, 1.165) is 43.3 Å². The number of rotatable bonds is 6. The largest absolute Gasteiger partial charge is 0.493 e. The number of aromatic nitrogens is 5. The van der Waals surface area contributed by atoms with Gasteiger partial charge in [-0.25, -0.2) is 4.68 Å². The van der Waals surface area contributed by atoms with E-state index in [9.17, 15) is 4.79 Å². The standard InChI is InChI=1S/C27H30N6O3/c1-35-23-15-18-14-20(27(34)28-21(18)16-24(23)36-2)25(26-29-30-31-33(26)19-10-4-5-11-19)32-13-7-9-17-8-3-6-12-22(17)32/h3,6,8,12,14-16,19,25H,4-5,7,9-11,13H2,1-2H3,(H,28,34)/t25-/m1/s1. The summed E-state index contributed by atoms with van der Waals surface area (Å²) in [4.78, 5) is 19.1. The van der Waals surface area contributed by atoms with Gasteiger partial charge in [0.1, 0.15) is 6.04 Å². The second-order valence-electron chi connectivity index (χ2n) is 9.60. The number of anilines is 1. The number of hydrogen-bond acceptors (Lipinski definition) is 7. The van der Waals surface area contributed by atoms with Crippen molar-refractivity contribution in [3.8, 4) is 11.5 Å². The van der Waals surface area contributed by atoms with Gasteiger partial charge >= 0.3 is 0 Å². The molecule has 0 bridgehead atoms. The Morgan fingerprint density at radius 2 is 1.81 bits per heavy atom. The number of para-hydroxylation sites is 1. The second kappa shape index (κ2) is 9.29. The van der Waals surface area contributed by atoms with Gasteiger partial charge in [0, 0.05) is 29.2 Å². The first-order valence-electron chi connectivity index (χ1n) is 12.6. The van der Waals surface area contributed by atoms with Crippen LogP contribution in [0.2, 0.25) is 0 Å². The molecule has 36 heavy (non-hydrogen) atoms. The lowest BCUT2D eigenvalue weighted by Crippen LogP contribution is -2.38. The van der Waals surface area contributed by atoms with Crippen LogP contribution in [-0.2, 0) is 6.42 Å². The SMILES string of the molecule is COc1cc2cc([C@H](c3nnnn3C3CCCC3)N3CCCc4ccccc43)c(=O)[nH]c2cc1OC. The van der Waals surface area contributed by atoms with Crippen molar-refractivity contribution in [3.63, 3.8) is 0 Å². The third-order valence-electron chi connectivity index (χ3n) is 7.56. The van der Waals surface area contributed by atoms with Crippen molar-refractivity contribution >= 4 is 16.6 Å². The molecule has 9 heteroatoms. The molecule has 0 unspecified atom stereocenters. The van der Waals surface area contributed by atoms with Crippen LogP contribution in [0.15, 0.2) is 47.3 Å². The fraction of sp³-hybridized carbons (Fsp3) is 0.407. The summed E-state index contributed by atoms with van der Waals surface area (Å²) in [5, 5.41) is 13.9. The normalized spacial score (nSPS) is 16.8. The number of fused-ring (bicyclic) bond motifs is 2. The molecule has 186 valence electrons. The molecule has 1 aliphatic carbocycles. The van der Waals surface area contributed by atoms with Gasteiger partial charge in [-0.15, -0.1) is 5.10 Å². The summed E-state index contributed by atoms with van der Waals surface area (Å²) >= 11 is 0. The number of pyridine rings is 1. The van der Waals surface area contributed by atoms with E-state index in [2.05, 4.69) is 49.7 Å². The van der Waals surface area contributed by atoms with Gasteiger partial charge in [-0.3, -0.25) is 4.79 Å². The number of hydrogen-bond donors (Lipinski definition) is 1. The molecule has 1 atom stereocenters. The zero-order valence-electron chi connectivity index (χ0n) is 20.6. The highest BCUT2D eigenvalue weighted by molar-refractivity contribution is 5.83. The summed E-state index contributed by atoms with van der Waals surface area (Å²) in [5.74, 6) is 1.89. The maximum absolute atomic E-state index is 13.7. The molecule has 6 rings (SSSR count). The van der Waals surface area contributed by atoms with Crippen LogP contribution in [0.3, 0.4) is 0 Å². The molecular formula is C27H30N6O3. The average molecular weight is 487 g/mol. The van der Waals surface area contributed by atoms with Gasteiger partial charge in [-0.1, -0.05) is 31.0 Å². The van der Waals surface area contributed by atoms with Gasteiger partial charge in [-0.2, -0.15) is 0 Å². The van der Waals surface area contributed by atoms with E-state index in [0.29, 0.717) is 28.4 Å². The minimum absolute atomic E-state index is 0.163. The van der Waals surface area contributed by atoms with Gasteiger partial charge < -0.3 is 19.4 Å². The minimum atomic E-state index is -0.428. The van der Waals surface area contributed by atoms with Crippen LogP contribution in [0.5, 0.6) is 11.5 Å². The van der Waals surface area contributed by atoms with Crippen molar-refractivity contribution in [1.29, 1.82) is 0 Å². The van der Waals surface area contributed by atoms with Crippen molar-refractivity contribution in [2.45, 2.75) is 50.6 Å². The maximum Gasteiger partial charge on any atom is 0.254 e. The highest BCUT2D eigenvalue weighted by atomic mass is 16.5. The number of benzene rings is 2. The third kappa shape index (κ3) is 3.79. The Kier molecular flexibility index (Phi) is 5.83. The number of nitrogens with zero attached hydrogens (tertiary/aromatic N) is 5. The Morgan fingerprint density at radius 3 is 2.61 bits per heavy atom. The minimum Gasteiger partial charge on any atom is -0.493 e. The molecule has 2 aromatic carbocycles. The first kappa shape index (κ1) is 22.6. The zero-order valence-corrected chi connectivity index (χ0v) is 20.6. The summed E-state index contributed by atoms with van der Waals surface area (Å²) < 4.78 is 12.9. The molecule has 1 aliphatic heterocycles. The van der Waals surface area contributed by atoms with Gasteiger partial charge in [0.2, 0.25) is 0 Å². The maximum atomic E-state index is 13.7. The van der Waals surface area contributed by atoms with E-state index < -0.39 is 6.04 Å². The average Bonchev–Trinajstić information content (AvgIpc) is 3.61. The quantitative estimate of drug-likeness (QED) is 0.436. The van der Waals surface area contributed by atoms with E-state index in [4.69, 9.17) is 9.47 Å². The monoisotopic (exact) mass is 486 g/mol. The third-order valence-corrected chi connectivity index (χ3v) is 7.56. The second-order valence-corrected chi connectivity index (χ2v) is 9.60. The first-order valence-corrected chi connectivity index (χ1v) is 12.6. The lowest BCUT2D eigenvalue weighted by atomic mass is 9.96. The molecule has 0 saturated heterocycles. The van der Waals surface area contributed by atoms with E-state index in [1.165, 1.54) is 18.4 Å². The van der Waals surface area contributed by atoms with Crippen LogP contribution in [0.4, 0.5) is 5.69 Å². The van der Waals surface area contributed by atoms with Gasteiger partial charge in [-0.05, 0) is 59.9 Å². The molecule has 1 N–H and O–H groups in total. The first-order chi connectivity index (χ1) is 17.7. The van der Waals surface area contributed by atoms with Crippen molar-refractivity contribution in [2.75, 3.05) is 25.7 Å². The Balaban J connectivity index is 1.56. The van der Waals surface area contributed by atoms with Crippen molar-refractivity contribution in [3.05, 3.63) is 69.8 Å². The van der Waals surface area contributed by atoms with E-state index in [-0.39, 0.29) is 11.6 Å². The molecular weight excluding hydrogens is 456 g/mol. The Labute approximate surface area is 209 Å². The molecule has 4 aromatic rings. The van der Waals surface area contributed by atoms with Gasteiger partial charge in [0.05, 0.1) is 25.8 Å². The number of aromatic amines is 1. The fourth-order valence-corrected chi connectivity index (χ4v) is 5.82. The van der Waals surface area contributed by atoms with Crippen molar-refractivity contribution in [1.82, 2.24) is 25.2 Å². The number of methoxy groups -OCH3 is 2. The molecule has 3 heterocycles. The van der Waals surface area contributed by atoms with Crippen molar-refractivity contribution < 1.29 is 9.47 Å². The molecule has 9 nitrogen and oxygen atoms in total. The highest BCUT2D eigenvalue weighted by Crippen LogP contribution is 2.39. The molecule has 1 fully saturated rings. The van der Waals surface area contributed by atoms with Crippen LogP contribution in [-0.4, -0.2) is 46.0 Å². The zero-order chi connectivity index (χ0) is 24.6. The number of nitrogens with one attached hydrogen (secondary N) is 1. The van der Waals surface area contributed by atoms with E-state index >= 15 is 0 Å². The van der Waals surface area contributed by atoms with Crippen LogP contribution in [0, 0.1) is 0 Å². The Hall–Kier alpha value is -3.88. The van der Waals surface area contributed by atoms with Crippen molar-refractivity contribution in [2.24, 2.45) is 0 Å². The fourth-order valence-electron chi connectivity index (χ4n) is 5.82. The van der Waals surface area contributed by atoms with Gasteiger partial charge in [0.25, 0.3) is 5.56 Å². The van der Waals surface area contributed by atoms with Crippen LogP contribution in [0.25, 0.3) is 10.9 Å². The van der Waals surface area contributed by atoms with Crippen LogP contribution in [0.1, 0.15) is 61.1 Å². The molecule has 0 amide bonds. The summed E-state index contributed by atoms with van der Waals surface area (Å²) in [7, 11) is 3.20. The molecule has 0 spiro atoms. The number of H-pyrrole nitrogens is 1. The topological polar surface area (TPSA) is 98.2 Å². The summed E-state index contributed by atoms with van der Waals surface area (Å²) in [6.07, 6.45) is 6.44. The molecule has 2 aliphatic rings. The smallest absolute Gasteiger partial charge is 0.254 e.